The number of rotatable bonds is 6. The van der Waals surface area contributed by atoms with Crippen molar-refractivity contribution in [3.63, 3.8) is 0 Å². The van der Waals surface area contributed by atoms with Gasteiger partial charge in [0.25, 0.3) is 5.91 Å². The van der Waals surface area contributed by atoms with Gasteiger partial charge in [0, 0.05) is 24.2 Å². The van der Waals surface area contributed by atoms with E-state index in [-0.39, 0.29) is 11.8 Å². The van der Waals surface area contributed by atoms with Crippen LogP contribution in [0.5, 0.6) is 0 Å². The fraction of sp³-hybridized carbons (Fsp3) is 0.118. The van der Waals surface area contributed by atoms with E-state index in [2.05, 4.69) is 5.32 Å². The summed E-state index contributed by atoms with van der Waals surface area (Å²) in [6, 6.07) is 21.9. The van der Waals surface area contributed by atoms with Gasteiger partial charge in [0.1, 0.15) is 11.4 Å². The maximum atomic E-state index is 14.0. The number of carbonyl (C=O) groups excluding carboxylic acids is 2. The van der Waals surface area contributed by atoms with E-state index in [1.165, 1.54) is 47.6 Å². The van der Waals surface area contributed by atoms with Crippen molar-refractivity contribution in [3.05, 3.63) is 147 Å². The molecular weight excluding hydrogens is 571 g/mol. The molecule has 0 fully saturated rings. The first-order valence-corrected chi connectivity index (χ1v) is 13.7. The number of fused-ring (bicyclic) bond motifs is 2. The standard InChI is InChI=1S/C34H24F3N3O4/c1-40-28-5-3-2-4-23(28)31(21-9-12-24-29(41)14-15-44-30(24)18-21)38-32(34(40)43)39-33(42)25(20-7-10-22(35)11-8-20)16-19-6-13-26(36)27(37)17-19/h2-15,17-18,25,32H,16H2,1H3,(H,39,42)/t25-,32?/m1/s1. The van der Waals surface area contributed by atoms with Crippen LogP contribution in [-0.2, 0) is 16.0 Å². The van der Waals surface area contributed by atoms with Crippen molar-refractivity contribution in [1.82, 2.24) is 5.32 Å². The summed E-state index contributed by atoms with van der Waals surface area (Å²) in [5.41, 5.74) is 2.90. The molecule has 6 rings (SSSR count). The number of halogens is 3. The quantitative estimate of drug-likeness (QED) is 0.281. The number of hydrogen-bond acceptors (Lipinski definition) is 5. The summed E-state index contributed by atoms with van der Waals surface area (Å²) in [6.07, 6.45) is -0.159. The molecule has 4 aromatic carbocycles. The van der Waals surface area contributed by atoms with E-state index in [4.69, 9.17) is 9.41 Å². The smallest absolute Gasteiger partial charge is 0.272 e. The molecule has 220 valence electrons. The number of likely N-dealkylation sites (N-methyl/N-ethyl adjacent to an activating group) is 1. The van der Waals surface area contributed by atoms with Crippen molar-refractivity contribution < 1.29 is 27.2 Å². The number of anilines is 1. The van der Waals surface area contributed by atoms with Crippen molar-refractivity contribution in [1.29, 1.82) is 0 Å². The molecule has 5 aromatic rings. The summed E-state index contributed by atoms with van der Waals surface area (Å²) in [5, 5.41) is 3.10. The monoisotopic (exact) mass is 595 g/mol. The number of hydrogen-bond donors (Lipinski definition) is 1. The molecule has 2 heterocycles. The molecule has 1 aliphatic heterocycles. The average Bonchev–Trinajstić information content (AvgIpc) is 3.12. The largest absolute Gasteiger partial charge is 0.464 e. The SMILES string of the molecule is CN1C(=O)C(NC(=O)[C@H](Cc2ccc(F)c(F)c2)c2ccc(F)cc2)N=C(c2ccc3c(=O)ccoc3c2)c2ccccc21. The molecule has 0 aliphatic carbocycles. The summed E-state index contributed by atoms with van der Waals surface area (Å²) in [5.74, 6) is -4.78. The Kier molecular flexibility index (Phi) is 7.57. The molecule has 0 saturated heterocycles. The van der Waals surface area contributed by atoms with Crippen molar-refractivity contribution >= 4 is 34.2 Å². The summed E-state index contributed by atoms with van der Waals surface area (Å²) >= 11 is 0. The second kappa shape index (κ2) is 11.6. The van der Waals surface area contributed by atoms with Gasteiger partial charge >= 0.3 is 0 Å². The van der Waals surface area contributed by atoms with Gasteiger partial charge in [0.15, 0.2) is 17.1 Å². The van der Waals surface area contributed by atoms with Crippen LogP contribution in [0, 0.1) is 17.5 Å². The second-order valence-electron chi connectivity index (χ2n) is 10.4. The second-order valence-corrected chi connectivity index (χ2v) is 10.4. The number of nitrogens with zero attached hydrogens (tertiary/aromatic N) is 2. The minimum Gasteiger partial charge on any atom is -0.464 e. The van der Waals surface area contributed by atoms with Crippen LogP contribution in [0.25, 0.3) is 11.0 Å². The molecule has 0 bridgehead atoms. The van der Waals surface area contributed by atoms with Crippen LogP contribution in [0.2, 0.25) is 0 Å². The third kappa shape index (κ3) is 5.49. The van der Waals surface area contributed by atoms with Crippen molar-refractivity contribution in [2.45, 2.75) is 18.5 Å². The molecule has 0 radical (unpaired) electrons. The zero-order valence-corrected chi connectivity index (χ0v) is 23.3. The lowest BCUT2D eigenvalue weighted by Crippen LogP contribution is -2.47. The Morgan fingerprint density at radius 2 is 1.70 bits per heavy atom. The van der Waals surface area contributed by atoms with Gasteiger partial charge in [-0.3, -0.25) is 14.4 Å². The molecular formula is C34H24F3N3O4. The maximum absolute atomic E-state index is 14.0. The first-order chi connectivity index (χ1) is 21.2. The number of aliphatic imine (C=N–C) groups is 1. The van der Waals surface area contributed by atoms with E-state index < -0.39 is 41.3 Å². The lowest BCUT2D eigenvalue weighted by molar-refractivity contribution is -0.128. The molecule has 44 heavy (non-hydrogen) atoms. The Bertz CT molecular complexity index is 2010. The van der Waals surface area contributed by atoms with Crippen LogP contribution >= 0.6 is 0 Å². The van der Waals surface area contributed by atoms with E-state index >= 15 is 0 Å². The average molecular weight is 596 g/mol. The van der Waals surface area contributed by atoms with Crippen LogP contribution in [0.3, 0.4) is 0 Å². The van der Waals surface area contributed by atoms with Gasteiger partial charge in [-0.1, -0.05) is 42.5 Å². The van der Waals surface area contributed by atoms with Gasteiger partial charge < -0.3 is 14.6 Å². The summed E-state index contributed by atoms with van der Waals surface area (Å²) in [6.45, 7) is 0. The third-order valence-electron chi connectivity index (χ3n) is 7.57. The molecule has 7 nitrogen and oxygen atoms in total. The predicted octanol–water partition coefficient (Wildman–Crippen LogP) is 5.49. The first-order valence-electron chi connectivity index (χ1n) is 13.7. The van der Waals surface area contributed by atoms with Gasteiger partial charge in [-0.25, -0.2) is 18.2 Å². The van der Waals surface area contributed by atoms with Crippen LogP contribution in [0.1, 0.15) is 28.2 Å². The topological polar surface area (TPSA) is 92.0 Å². The Balaban J connectivity index is 1.41. The Labute approximate surface area is 249 Å². The summed E-state index contributed by atoms with van der Waals surface area (Å²) < 4.78 is 47.0. The highest BCUT2D eigenvalue weighted by molar-refractivity contribution is 6.20. The highest BCUT2D eigenvalue weighted by Gasteiger charge is 2.33. The zero-order valence-electron chi connectivity index (χ0n) is 23.3. The lowest BCUT2D eigenvalue weighted by Gasteiger charge is -2.23. The number of amides is 2. The first kappa shape index (κ1) is 28.6. The third-order valence-corrected chi connectivity index (χ3v) is 7.57. The van der Waals surface area contributed by atoms with Crippen LogP contribution < -0.4 is 15.6 Å². The number of benzodiazepines with no additional fused rings is 1. The molecule has 0 spiro atoms. The van der Waals surface area contributed by atoms with Crippen LogP contribution in [0.4, 0.5) is 18.9 Å². The zero-order chi connectivity index (χ0) is 31.0. The highest BCUT2D eigenvalue weighted by Crippen LogP contribution is 2.29. The molecule has 1 aliphatic rings. The van der Waals surface area contributed by atoms with E-state index in [0.29, 0.717) is 44.6 Å². The maximum Gasteiger partial charge on any atom is 0.272 e. The predicted molar refractivity (Wildman–Crippen MR) is 159 cm³/mol. The molecule has 2 amide bonds. The fourth-order valence-electron chi connectivity index (χ4n) is 5.27. The lowest BCUT2D eigenvalue weighted by atomic mass is 9.91. The number of carbonyl (C=O) groups is 2. The summed E-state index contributed by atoms with van der Waals surface area (Å²) in [7, 11) is 1.57. The minimum atomic E-state index is -1.39. The van der Waals surface area contributed by atoms with Crippen molar-refractivity contribution in [2.24, 2.45) is 4.99 Å². The van der Waals surface area contributed by atoms with Crippen LogP contribution in [0.15, 0.2) is 111 Å². The van der Waals surface area contributed by atoms with Crippen molar-refractivity contribution in [2.75, 3.05) is 11.9 Å². The van der Waals surface area contributed by atoms with Gasteiger partial charge in [0.2, 0.25) is 12.1 Å². The Morgan fingerprint density at radius 1 is 0.932 bits per heavy atom. The van der Waals surface area contributed by atoms with Gasteiger partial charge in [-0.15, -0.1) is 0 Å². The van der Waals surface area contributed by atoms with E-state index in [9.17, 15) is 27.6 Å². The number of nitrogens with one attached hydrogen (secondary N) is 1. The molecule has 2 atom stereocenters. The van der Waals surface area contributed by atoms with E-state index in [0.717, 1.165) is 12.1 Å². The Morgan fingerprint density at radius 3 is 2.48 bits per heavy atom. The molecule has 1 aromatic heterocycles. The molecule has 1 N–H and O–H groups in total. The minimum absolute atomic E-state index is 0.0636. The normalized spacial score (nSPS) is 15.4. The molecule has 1 unspecified atom stereocenters. The highest BCUT2D eigenvalue weighted by atomic mass is 19.2. The number of benzene rings is 4. The number of para-hydroxylation sites is 1. The molecule has 10 heteroatoms. The van der Waals surface area contributed by atoms with Gasteiger partial charge in [-0.2, -0.15) is 0 Å². The molecule has 0 saturated carbocycles. The fourth-order valence-corrected chi connectivity index (χ4v) is 5.27. The van der Waals surface area contributed by atoms with Crippen molar-refractivity contribution in [3.8, 4) is 0 Å². The van der Waals surface area contributed by atoms with E-state index in [1.54, 1.807) is 49.5 Å². The summed E-state index contributed by atoms with van der Waals surface area (Å²) in [4.78, 5) is 46.0. The Hall–Kier alpha value is -5.51. The van der Waals surface area contributed by atoms with E-state index in [1.807, 2.05) is 0 Å². The van der Waals surface area contributed by atoms with Gasteiger partial charge in [0.05, 0.1) is 29.0 Å². The van der Waals surface area contributed by atoms with Gasteiger partial charge in [-0.05, 0) is 60.0 Å². The van der Waals surface area contributed by atoms with Crippen LogP contribution in [-0.4, -0.2) is 30.7 Å².